The molecule has 0 spiro atoms. The Morgan fingerprint density at radius 2 is 2.00 bits per heavy atom. The Bertz CT molecular complexity index is 709. The van der Waals surface area contributed by atoms with Crippen molar-refractivity contribution in [3.05, 3.63) is 48.8 Å². The summed E-state index contributed by atoms with van der Waals surface area (Å²) in [5, 5.41) is 3.67. The highest BCUT2D eigenvalue weighted by molar-refractivity contribution is 7.99. The summed E-state index contributed by atoms with van der Waals surface area (Å²) in [6, 6.07) is 11.4. The van der Waals surface area contributed by atoms with Gasteiger partial charge in [0.15, 0.2) is 5.16 Å². The molecule has 21 heavy (non-hydrogen) atoms. The quantitative estimate of drug-likeness (QED) is 0.710. The number of fused-ring (bicyclic) bond motifs is 1. The number of aromatic nitrogens is 3. The molecule has 0 radical (unpaired) electrons. The molecule has 0 aliphatic carbocycles. The average Bonchev–Trinajstić information content (AvgIpc) is 2.91. The topological polar surface area (TPSA) is 70.7 Å². The van der Waals surface area contributed by atoms with Crippen LogP contribution in [0.2, 0.25) is 0 Å². The Labute approximate surface area is 126 Å². The van der Waals surface area contributed by atoms with Gasteiger partial charge in [0.25, 0.3) is 0 Å². The van der Waals surface area contributed by atoms with Gasteiger partial charge in [-0.25, -0.2) is 4.98 Å². The molecule has 0 saturated carbocycles. The van der Waals surface area contributed by atoms with Gasteiger partial charge in [-0.05, 0) is 24.3 Å². The number of hydrogen-bond acceptors (Lipinski definition) is 4. The molecule has 0 atom stereocenters. The van der Waals surface area contributed by atoms with E-state index in [1.54, 1.807) is 36.3 Å². The normalized spacial score (nSPS) is 10.7. The maximum atomic E-state index is 11.8. The molecular weight excluding hydrogens is 284 g/mol. The third-order valence-electron chi connectivity index (χ3n) is 2.90. The van der Waals surface area contributed by atoms with E-state index in [0.717, 1.165) is 21.9 Å². The molecule has 0 bridgehead atoms. The van der Waals surface area contributed by atoms with Crippen LogP contribution in [-0.4, -0.2) is 26.6 Å². The summed E-state index contributed by atoms with van der Waals surface area (Å²) in [6.45, 7) is 0. The first-order valence-corrected chi connectivity index (χ1v) is 7.57. The standard InChI is InChI=1S/C15H14N4OS/c20-14(17-11-5-8-16-9-6-11)7-10-21-15-18-12-3-1-2-4-13(12)19-15/h1-6,8-9H,7,10H2,(H,18,19)(H,16,17,20). The monoisotopic (exact) mass is 298 g/mol. The number of H-pyrrole nitrogens is 1. The van der Waals surface area contributed by atoms with Crippen LogP contribution in [0.5, 0.6) is 0 Å². The van der Waals surface area contributed by atoms with Crippen LogP contribution in [-0.2, 0) is 4.79 Å². The average molecular weight is 298 g/mol. The zero-order valence-electron chi connectivity index (χ0n) is 11.2. The maximum absolute atomic E-state index is 11.8. The number of amides is 1. The van der Waals surface area contributed by atoms with Crippen LogP contribution < -0.4 is 5.32 Å². The molecule has 0 fully saturated rings. The number of anilines is 1. The van der Waals surface area contributed by atoms with Crippen LogP contribution in [0.1, 0.15) is 6.42 Å². The van der Waals surface area contributed by atoms with Gasteiger partial charge in [-0.15, -0.1) is 0 Å². The van der Waals surface area contributed by atoms with Crippen molar-refractivity contribution in [3.8, 4) is 0 Å². The highest BCUT2D eigenvalue weighted by Gasteiger charge is 2.05. The van der Waals surface area contributed by atoms with Crippen molar-refractivity contribution in [3.63, 3.8) is 0 Å². The van der Waals surface area contributed by atoms with E-state index in [1.807, 2.05) is 24.3 Å². The van der Waals surface area contributed by atoms with E-state index in [9.17, 15) is 4.79 Å². The molecule has 0 aliphatic heterocycles. The fraction of sp³-hybridized carbons (Fsp3) is 0.133. The first-order chi connectivity index (χ1) is 10.3. The molecule has 1 amide bonds. The van der Waals surface area contributed by atoms with Gasteiger partial charge < -0.3 is 10.3 Å². The fourth-order valence-electron chi connectivity index (χ4n) is 1.90. The number of pyridine rings is 1. The SMILES string of the molecule is O=C(CCSc1nc2ccccc2[nH]1)Nc1ccncc1. The maximum Gasteiger partial charge on any atom is 0.225 e. The van der Waals surface area contributed by atoms with Crippen molar-refractivity contribution in [1.82, 2.24) is 15.0 Å². The predicted octanol–water partition coefficient (Wildman–Crippen LogP) is 3.08. The number of carbonyl (C=O) groups excluding carboxylic acids is 1. The number of carbonyl (C=O) groups is 1. The van der Waals surface area contributed by atoms with Gasteiger partial charge in [-0.1, -0.05) is 23.9 Å². The molecular formula is C15H14N4OS. The second-order valence-electron chi connectivity index (χ2n) is 4.44. The molecule has 1 aromatic carbocycles. The minimum Gasteiger partial charge on any atom is -0.333 e. The molecule has 3 aromatic rings. The van der Waals surface area contributed by atoms with Crippen LogP contribution in [0.3, 0.4) is 0 Å². The molecule has 0 aliphatic rings. The van der Waals surface area contributed by atoms with Gasteiger partial charge in [0.1, 0.15) is 0 Å². The van der Waals surface area contributed by atoms with Gasteiger partial charge in [0.2, 0.25) is 5.91 Å². The number of hydrogen-bond donors (Lipinski definition) is 2. The fourth-order valence-corrected chi connectivity index (χ4v) is 2.72. The van der Waals surface area contributed by atoms with Crippen LogP contribution in [0, 0.1) is 0 Å². The second kappa shape index (κ2) is 6.41. The number of benzene rings is 1. The molecule has 2 aromatic heterocycles. The summed E-state index contributed by atoms with van der Waals surface area (Å²) >= 11 is 1.55. The van der Waals surface area contributed by atoms with Crippen molar-refractivity contribution in [2.45, 2.75) is 11.6 Å². The summed E-state index contributed by atoms with van der Waals surface area (Å²) in [5.74, 6) is 0.668. The lowest BCUT2D eigenvalue weighted by atomic mass is 10.3. The predicted molar refractivity (Wildman–Crippen MR) is 84.3 cm³/mol. The summed E-state index contributed by atoms with van der Waals surface area (Å²) in [6.07, 6.45) is 3.74. The lowest BCUT2D eigenvalue weighted by Crippen LogP contribution is -2.12. The number of rotatable bonds is 5. The van der Waals surface area contributed by atoms with E-state index in [0.29, 0.717) is 12.2 Å². The third kappa shape index (κ3) is 3.61. The van der Waals surface area contributed by atoms with Crippen molar-refractivity contribution >= 4 is 34.4 Å². The van der Waals surface area contributed by atoms with Gasteiger partial charge in [0, 0.05) is 30.3 Å². The third-order valence-corrected chi connectivity index (χ3v) is 3.77. The largest absolute Gasteiger partial charge is 0.333 e. The molecule has 5 nitrogen and oxygen atoms in total. The Balaban J connectivity index is 1.50. The molecule has 0 saturated heterocycles. The molecule has 106 valence electrons. The zero-order chi connectivity index (χ0) is 14.5. The highest BCUT2D eigenvalue weighted by Crippen LogP contribution is 2.19. The van der Waals surface area contributed by atoms with E-state index in [1.165, 1.54) is 0 Å². The van der Waals surface area contributed by atoms with Crippen molar-refractivity contribution in [2.24, 2.45) is 0 Å². The van der Waals surface area contributed by atoms with Gasteiger partial charge >= 0.3 is 0 Å². The minimum absolute atomic E-state index is 0.00943. The number of para-hydroxylation sites is 2. The Morgan fingerprint density at radius 1 is 1.19 bits per heavy atom. The van der Waals surface area contributed by atoms with Crippen LogP contribution in [0.4, 0.5) is 5.69 Å². The molecule has 6 heteroatoms. The van der Waals surface area contributed by atoms with Gasteiger partial charge in [-0.3, -0.25) is 9.78 Å². The summed E-state index contributed by atoms with van der Waals surface area (Å²) in [7, 11) is 0. The zero-order valence-corrected chi connectivity index (χ0v) is 12.1. The Morgan fingerprint density at radius 3 is 2.81 bits per heavy atom. The van der Waals surface area contributed by atoms with E-state index >= 15 is 0 Å². The van der Waals surface area contributed by atoms with E-state index in [-0.39, 0.29) is 5.91 Å². The highest BCUT2D eigenvalue weighted by atomic mass is 32.2. The lowest BCUT2D eigenvalue weighted by Gasteiger charge is -2.03. The summed E-state index contributed by atoms with van der Waals surface area (Å²) in [4.78, 5) is 23.4. The van der Waals surface area contributed by atoms with Gasteiger partial charge in [-0.2, -0.15) is 0 Å². The van der Waals surface area contributed by atoms with Crippen LogP contribution >= 0.6 is 11.8 Å². The Kier molecular flexibility index (Phi) is 4.16. The molecule has 0 unspecified atom stereocenters. The van der Waals surface area contributed by atoms with Crippen molar-refractivity contribution in [1.29, 1.82) is 0 Å². The van der Waals surface area contributed by atoms with Crippen LogP contribution in [0.15, 0.2) is 53.9 Å². The number of nitrogens with zero attached hydrogens (tertiary/aromatic N) is 2. The van der Waals surface area contributed by atoms with Crippen LogP contribution in [0.25, 0.3) is 11.0 Å². The second-order valence-corrected chi connectivity index (χ2v) is 5.53. The van der Waals surface area contributed by atoms with Crippen molar-refractivity contribution in [2.75, 3.05) is 11.1 Å². The van der Waals surface area contributed by atoms with Gasteiger partial charge in [0.05, 0.1) is 11.0 Å². The number of nitrogens with one attached hydrogen (secondary N) is 2. The number of aromatic amines is 1. The lowest BCUT2D eigenvalue weighted by molar-refractivity contribution is -0.115. The number of imidazole rings is 1. The molecule has 3 rings (SSSR count). The smallest absolute Gasteiger partial charge is 0.225 e. The first kappa shape index (κ1) is 13.6. The minimum atomic E-state index is -0.00943. The molecule has 2 heterocycles. The summed E-state index contributed by atoms with van der Waals surface area (Å²) in [5.41, 5.74) is 2.73. The Hall–Kier alpha value is -2.34. The first-order valence-electron chi connectivity index (χ1n) is 6.59. The van der Waals surface area contributed by atoms with E-state index < -0.39 is 0 Å². The molecule has 2 N–H and O–H groups in total. The number of thioether (sulfide) groups is 1. The van der Waals surface area contributed by atoms with E-state index in [4.69, 9.17) is 0 Å². The van der Waals surface area contributed by atoms with E-state index in [2.05, 4.69) is 20.3 Å². The summed E-state index contributed by atoms with van der Waals surface area (Å²) < 4.78 is 0. The van der Waals surface area contributed by atoms with Crippen molar-refractivity contribution < 1.29 is 4.79 Å².